The zero-order chi connectivity index (χ0) is 21.2. The Bertz CT molecular complexity index is 1020. The summed E-state index contributed by atoms with van der Waals surface area (Å²) in [6.07, 6.45) is 1.06. The Labute approximate surface area is 173 Å². The number of carbonyl (C=O) groups is 2. The van der Waals surface area contributed by atoms with Gasteiger partial charge in [-0.25, -0.2) is 18.2 Å². The standard InChI is InChI=1S/C19H23N3O5S2/c1-12-10-14(19(24)27-3)4-5-16(12)29(25,26)22-8-6-15(7-9-22)21-18(23)17-13(2)20-11-28-17/h4-5,10-11,15H,6-9H2,1-3H3,(H,21,23). The van der Waals surface area contributed by atoms with Gasteiger partial charge in [-0.1, -0.05) is 0 Å². The van der Waals surface area contributed by atoms with Crippen LogP contribution in [0, 0.1) is 13.8 Å². The summed E-state index contributed by atoms with van der Waals surface area (Å²) < 4.78 is 32.2. The molecule has 1 aromatic heterocycles. The van der Waals surface area contributed by atoms with Crippen LogP contribution < -0.4 is 5.32 Å². The van der Waals surface area contributed by atoms with Gasteiger partial charge in [-0.15, -0.1) is 11.3 Å². The van der Waals surface area contributed by atoms with Gasteiger partial charge in [-0.2, -0.15) is 4.31 Å². The first-order valence-electron chi connectivity index (χ1n) is 9.14. The highest BCUT2D eigenvalue weighted by Gasteiger charge is 2.31. The highest BCUT2D eigenvalue weighted by atomic mass is 32.2. The van der Waals surface area contributed by atoms with Crippen LogP contribution in [0.3, 0.4) is 0 Å². The topological polar surface area (TPSA) is 106 Å². The van der Waals surface area contributed by atoms with Gasteiger partial charge in [-0.05, 0) is 50.5 Å². The maximum atomic E-state index is 13.0. The van der Waals surface area contributed by atoms with Gasteiger partial charge in [0.2, 0.25) is 10.0 Å². The highest BCUT2D eigenvalue weighted by Crippen LogP contribution is 2.25. The number of benzene rings is 1. The van der Waals surface area contributed by atoms with Gasteiger partial charge < -0.3 is 10.1 Å². The third kappa shape index (κ3) is 4.49. The first-order valence-corrected chi connectivity index (χ1v) is 11.5. The molecule has 1 aliphatic heterocycles. The highest BCUT2D eigenvalue weighted by molar-refractivity contribution is 7.89. The normalized spacial score (nSPS) is 15.8. The van der Waals surface area contributed by atoms with E-state index in [1.807, 2.05) is 0 Å². The van der Waals surface area contributed by atoms with E-state index in [1.54, 1.807) is 19.4 Å². The fourth-order valence-electron chi connectivity index (χ4n) is 3.33. The summed E-state index contributed by atoms with van der Waals surface area (Å²) in [6.45, 7) is 4.07. The second-order valence-corrected chi connectivity index (χ2v) is 9.65. The van der Waals surface area contributed by atoms with E-state index in [0.717, 1.165) is 0 Å². The molecular formula is C19H23N3O5S2. The summed E-state index contributed by atoms with van der Waals surface area (Å²) in [5.41, 5.74) is 3.12. The van der Waals surface area contributed by atoms with E-state index in [4.69, 9.17) is 0 Å². The lowest BCUT2D eigenvalue weighted by atomic mass is 10.1. The molecule has 1 saturated heterocycles. The van der Waals surface area contributed by atoms with Gasteiger partial charge in [-0.3, -0.25) is 4.79 Å². The molecule has 0 bridgehead atoms. The van der Waals surface area contributed by atoms with Crippen LogP contribution in [-0.2, 0) is 14.8 Å². The number of nitrogens with zero attached hydrogens (tertiary/aromatic N) is 2. The van der Waals surface area contributed by atoms with Gasteiger partial charge >= 0.3 is 5.97 Å². The lowest BCUT2D eigenvalue weighted by Gasteiger charge is -2.32. The van der Waals surface area contributed by atoms with E-state index >= 15 is 0 Å². The molecule has 0 atom stereocenters. The van der Waals surface area contributed by atoms with Gasteiger partial charge in [0.1, 0.15) is 4.88 Å². The molecule has 3 rings (SSSR count). The van der Waals surface area contributed by atoms with Crippen LogP contribution in [0.25, 0.3) is 0 Å². The second-order valence-electron chi connectivity index (χ2n) is 6.89. The Balaban J connectivity index is 1.66. The monoisotopic (exact) mass is 437 g/mol. The number of aryl methyl sites for hydroxylation is 2. The van der Waals surface area contributed by atoms with Crippen LogP contribution in [-0.4, -0.2) is 55.8 Å². The Morgan fingerprint density at radius 3 is 2.48 bits per heavy atom. The van der Waals surface area contributed by atoms with Crippen molar-refractivity contribution in [2.75, 3.05) is 20.2 Å². The molecule has 29 heavy (non-hydrogen) atoms. The Morgan fingerprint density at radius 1 is 1.24 bits per heavy atom. The molecule has 0 spiro atoms. The molecule has 2 aromatic rings. The molecule has 1 aromatic carbocycles. The van der Waals surface area contributed by atoms with Crippen molar-refractivity contribution in [3.63, 3.8) is 0 Å². The van der Waals surface area contributed by atoms with Crippen molar-refractivity contribution in [3.05, 3.63) is 45.4 Å². The largest absolute Gasteiger partial charge is 0.465 e. The smallest absolute Gasteiger partial charge is 0.337 e. The quantitative estimate of drug-likeness (QED) is 0.719. The zero-order valence-electron chi connectivity index (χ0n) is 16.5. The molecule has 8 nitrogen and oxygen atoms in total. The molecule has 0 unspecified atom stereocenters. The molecule has 1 amide bonds. The number of piperidine rings is 1. The second kappa shape index (κ2) is 8.60. The van der Waals surface area contributed by atoms with Crippen molar-refractivity contribution in [1.82, 2.24) is 14.6 Å². The lowest BCUT2D eigenvalue weighted by molar-refractivity contribution is 0.0600. The molecule has 1 fully saturated rings. The number of esters is 1. The van der Waals surface area contributed by atoms with Crippen molar-refractivity contribution >= 4 is 33.2 Å². The molecule has 10 heteroatoms. The first-order chi connectivity index (χ1) is 13.7. The SMILES string of the molecule is COC(=O)c1ccc(S(=O)(=O)N2CCC(NC(=O)c3scnc3C)CC2)c(C)c1. The third-order valence-corrected chi connectivity index (χ3v) is 7.94. The minimum Gasteiger partial charge on any atom is -0.465 e. The van der Waals surface area contributed by atoms with Gasteiger partial charge in [0, 0.05) is 19.1 Å². The minimum absolute atomic E-state index is 0.0850. The summed E-state index contributed by atoms with van der Waals surface area (Å²) in [5, 5.41) is 2.97. The number of hydrogen-bond donors (Lipinski definition) is 1. The maximum Gasteiger partial charge on any atom is 0.337 e. The van der Waals surface area contributed by atoms with Crippen molar-refractivity contribution in [2.45, 2.75) is 37.6 Å². The fraction of sp³-hybridized carbons (Fsp3) is 0.421. The van der Waals surface area contributed by atoms with Crippen LogP contribution >= 0.6 is 11.3 Å². The number of nitrogens with one attached hydrogen (secondary N) is 1. The number of rotatable bonds is 5. The molecule has 1 N–H and O–H groups in total. The summed E-state index contributed by atoms with van der Waals surface area (Å²) in [5.74, 6) is -0.676. The summed E-state index contributed by atoms with van der Waals surface area (Å²) in [6, 6.07) is 4.33. The predicted octanol–water partition coefficient (Wildman–Crippen LogP) is 2.13. The zero-order valence-corrected chi connectivity index (χ0v) is 18.1. The maximum absolute atomic E-state index is 13.0. The molecule has 0 saturated carbocycles. The lowest BCUT2D eigenvalue weighted by Crippen LogP contribution is -2.46. The van der Waals surface area contributed by atoms with Crippen LogP contribution in [0.15, 0.2) is 28.6 Å². The third-order valence-electron chi connectivity index (χ3n) is 4.95. The summed E-state index contributed by atoms with van der Waals surface area (Å²) >= 11 is 1.29. The fourth-order valence-corrected chi connectivity index (χ4v) is 5.71. The predicted molar refractivity (Wildman–Crippen MR) is 109 cm³/mol. The van der Waals surface area contributed by atoms with E-state index in [2.05, 4.69) is 15.0 Å². The van der Waals surface area contributed by atoms with Gasteiger partial charge in [0.05, 0.1) is 28.8 Å². The molecule has 2 heterocycles. The van der Waals surface area contributed by atoms with Crippen molar-refractivity contribution < 1.29 is 22.7 Å². The number of aromatic nitrogens is 1. The number of carbonyl (C=O) groups excluding carboxylic acids is 2. The Hall–Kier alpha value is -2.30. The first kappa shape index (κ1) is 21.4. The van der Waals surface area contributed by atoms with Crippen LogP contribution in [0.5, 0.6) is 0 Å². The average Bonchev–Trinajstić information content (AvgIpc) is 3.13. The number of amides is 1. The average molecular weight is 438 g/mol. The van der Waals surface area contributed by atoms with Crippen molar-refractivity contribution in [2.24, 2.45) is 0 Å². The number of thiazole rings is 1. The van der Waals surface area contributed by atoms with E-state index < -0.39 is 16.0 Å². The summed E-state index contributed by atoms with van der Waals surface area (Å²) in [4.78, 5) is 28.8. The van der Waals surface area contributed by atoms with Crippen molar-refractivity contribution in [3.8, 4) is 0 Å². The molecular weight excluding hydrogens is 414 g/mol. The molecule has 0 radical (unpaired) electrons. The minimum atomic E-state index is -3.68. The number of methoxy groups -OCH3 is 1. The van der Waals surface area contributed by atoms with E-state index in [9.17, 15) is 18.0 Å². The van der Waals surface area contributed by atoms with E-state index in [-0.39, 0.29) is 16.8 Å². The van der Waals surface area contributed by atoms with Crippen LogP contribution in [0.4, 0.5) is 0 Å². The Kier molecular flexibility index (Phi) is 6.35. The molecule has 0 aliphatic carbocycles. The van der Waals surface area contributed by atoms with E-state index in [0.29, 0.717) is 47.6 Å². The van der Waals surface area contributed by atoms with Crippen LogP contribution in [0.2, 0.25) is 0 Å². The number of ether oxygens (including phenoxy) is 1. The molecule has 156 valence electrons. The van der Waals surface area contributed by atoms with E-state index in [1.165, 1.54) is 41.0 Å². The summed E-state index contributed by atoms with van der Waals surface area (Å²) in [7, 11) is -2.40. The number of sulfonamides is 1. The van der Waals surface area contributed by atoms with Gasteiger partial charge in [0.15, 0.2) is 0 Å². The van der Waals surface area contributed by atoms with Crippen LogP contribution in [0.1, 0.15) is 44.1 Å². The van der Waals surface area contributed by atoms with Crippen molar-refractivity contribution in [1.29, 1.82) is 0 Å². The molecule has 1 aliphatic rings. The van der Waals surface area contributed by atoms with Gasteiger partial charge in [0.25, 0.3) is 5.91 Å². The Morgan fingerprint density at radius 2 is 1.93 bits per heavy atom. The number of hydrogen-bond acceptors (Lipinski definition) is 7.